The number of ether oxygens (including phenoxy) is 1. The molecular formula is C23H31OPS. The summed E-state index contributed by atoms with van der Waals surface area (Å²) in [7, 11) is 1.72. The summed E-state index contributed by atoms with van der Waals surface area (Å²) in [5, 5.41) is 4.06. The van der Waals surface area contributed by atoms with Gasteiger partial charge >= 0.3 is 0 Å². The standard InChI is InChI=1S/C23H31OPS/c1-24-19-14-12-18(13-15-19)23-22(16-17-26-23)25(20-8-4-2-5-9-20)21-10-6-3-7-11-21/h12-17,20-21H,2-11H2,1H3. The van der Waals surface area contributed by atoms with Crippen molar-refractivity contribution < 1.29 is 4.74 Å². The maximum atomic E-state index is 5.36. The SMILES string of the molecule is COc1ccc(-c2sccc2P(C2CCCCC2)C2CCCCC2)cc1. The fourth-order valence-electron chi connectivity index (χ4n) is 4.87. The van der Waals surface area contributed by atoms with Crippen LogP contribution in [-0.2, 0) is 0 Å². The second-order valence-electron chi connectivity index (χ2n) is 7.85. The van der Waals surface area contributed by atoms with Crippen LogP contribution in [0.25, 0.3) is 10.4 Å². The first-order valence-electron chi connectivity index (χ1n) is 10.4. The van der Waals surface area contributed by atoms with E-state index in [-0.39, 0.29) is 7.92 Å². The third-order valence-corrected chi connectivity index (χ3v) is 10.9. The Labute approximate surface area is 163 Å². The Morgan fingerprint density at radius 1 is 0.808 bits per heavy atom. The van der Waals surface area contributed by atoms with Crippen molar-refractivity contribution in [3.8, 4) is 16.2 Å². The van der Waals surface area contributed by atoms with Crippen LogP contribution in [0, 0.1) is 0 Å². The van der Waals surface area contributed by atoms with Crippen LogP contribution in [-0.4, -0.2) is 18.4 Å². The van der Waals surface area contributed by atoms with Crippen molar-refractivity contribution in [1.29, 1.82) is 0 Å². The van der Waals surface area contributed by atoms with E-state index < -0.39 is 0 Å². The summed E-state index contributed by atoms with van der Waals surface area (Å²) in [6.45, 7) is 0. The molecule has 4 rings (SSSR count). The van der Waals surface area contributed by atoms with Gasteiger partial charge in [0.1, 0.15) is 5.75 Å². The molecule has 2 aliphatic carbocycles. The van der Waals surface area contributed by atoms with Crippen molar-refractivity contribution >= 4 is 24.6 Å². The number of methoxy groups -OCH3 is 1. The van der Waals surface area contributed by atoms with Gasteiger partial charge in [0.2, 0.25) is 0 Å². The lowest BCUT2D eigenvalue weighted by atomic mass is 9.99. The lowest BCUT2D eigenvalue weighted by Crippen LogP contribution is -2.26. The highest BCUT2D eigenvalue weighted by atomic mass is 32.1. The lowest BCUT2D eigenvalue weighted by molar-refractivity contribution is 0.415. The van der Waals surface area contributed by atoms with Crippen molar-refractivity contribution in [2.24, 2.45) is 0 Å². The zero-order valence-corrected chi connectivity index (χ0v) is 17.7. The second-order valence-corrected chi connectivity index (χ2v) is 11.5. The number of hydrogen-bond acceptors (Lipinski definition) is 2. The molecule has 140 valence electrons. The summed E-state index contributed by atoms with van der Waals surface area (Å²) < 4.78 is 5.36. The molecule has 1 aromatic heterocycles. The second kappa shape index (κ2) is 8.89. The summed E-state index contributed by atoms with van der Waals surface area (Å²) in [4.78, 5) is 1.54. The summed E-state index contributed by atoms with van der Waals surface area (Å²) in [5.74, 6) is 0.952. The Balaban J connectivity index is 1.67. The first-order valence-corrected chi connectivity index (χ1v) is 12.7. The van der Waals surface area contributed by atoms with Gasteiger partial charge in [0.05, 0.1) is 7.11 Å². The minimum Gasteiger partial charge on any atom is -0.497 e. The molecule has 2 fully saturated rings. The molecule has 0 saturated heterocycles. The fraction of sp³-hybridized carbons (Fsp3) is 0.565. The van der Waals surface area contributed by atoms with Crippen LogP contribution in [0.5, 0.6) is 5.75 Å². The first kappa shape index (κ1) is 18.5. The van der Waals surface area contributed by atoms with E-state index in [0.29, 0.717) is 0 Å². The predicted molar refractivity (Wildman–Crippen MR) is 117 cm³/mol. The number of thiophene rings is 1. The Morgan fingerprint density at radius 3 is 1.92 bits per heavy atom. The Kier molecular flexibility index (Phi) is 6.33. The molecule has 0 radical (unpaired) electrons. The van der Waals surface area contributed by atoms with E-state index in [1.54, 1.807) is 12.4 Å². The highest BCUT2D eigenvalue weighted by Crippen LogP contribution is 2.56. The van der Waals surface area contributed by atoms with Gasteiger partial charge in [0, 0.05) is 4.88 Å². The van der Waals surface area contributed by atoms with Crippen LogP contribution in [0.4, 0.5) is 0 Å². The normalized spacial score (nSPS) is 19.8. The molecule has 2 aromatic rings. The molecular weight excluding hydrogens is 355 g/mol. The number of benzene rings is 1. The molecule has 26 heavy (non-hydrogen) atoms. The van der Waals surface area contributed by atoms with E-state index in [2.05, 4.69) is 35.7 Å². The van der Waals surface area contributed by atoms with Crippen molar-refractivity contribution in [3.63, 3.8) is 0 Å². The molecule has 0 spiro atoms. The zero-order valence-electron chi connectivity index (χ0n) is 16.0. The Morgan fingerprint density at radius 2 is 1.38 bits per heavy atom. The summed E-state index contributed by atoms with van der Waals surface area (Å²) in [6.07, 6.45) is 14.6. The van der Waals surface area contributed by atoms with Crippen molar-refractivity contribution in [2.45, 2.75) is 75.5 Å². The van der Waals surface area contributed by atoms with Crippen LogP contribution in [0.15, 0.2) is 35.7 Å². The summed E-state index contributed by atoms with van der Waals surface area (Å²) >= 11 is 1.95. The van der Waals surface area contributed by atoms with E-state index in [0.717, 1.165) is 17.1 Å². The minimum absolute atomic E-state index is 0.0316. The third kappa shape index (κ3) is 4.02. The summed E-state index contributed by atoms with van der Waals surface area (Å²) in [6, 6.07) is 11.2. The van der Waals surface area contributed by atoms with Crippen LogP contribution >= 0.6 is 19.3 Å². The van der Waals surface area contributed by atoms with Crippen LogP contribution in [0.2, 0.25) is 0 Å². The number of hydrogen-bond donors (Lipinski definition) is 0. The van der Waals surface area contributed by atoms with E-state index in [4.69, 9.17) is 4.74 Å². The first-order chi connectivity index (χ1) is 12.9. The highest BCUT2D eigenvalue weighted by molar-refractivity contribution is 7.67. The van der Waals surface area contributed by atoms with Crippen molar-refractivity contribution in [3.05, 3.63) is 35.7 Å². The van der Waals surface area contributed by atoms with Gasteiger partial charge in [0.15, 0.2) is 0 Å². The largest absolute Gasteiger partial charge is 0.497 e. The molecule has 0 atom stereocenters. The van der Waals surface area contributed by atoms with Crippen LogP contribution in [0.1, 0.15) is 64.2 Å². The topological polar surface area (TPSA) is 9.23 Å². The molecule has 1 heterocycles. The lowest BCUT2D eigenvalue weighted by Gasteiger charge is -2.38. The Bertz CT molecular complexity index is 662. The molecule has 0 aliphatic heterocycles. The average Bonchev–Trinajstić information content (AvgIpc) is 3.19. The van der Waals surface area contributed by atoms with Gasteiger partial charge in [-0.05, 0) is 83.6 Å². The summed E-state index contributed by atoms with van der Waals surface area (Å²) in [5.41, 5.74) is 3.32. The van der Waals surface area contributed by atoms with Crippen molar-refractivity contribution in [2.75, 3.05) is 7.11 Å². The zero-order chi connectivity index (χ0) is 17.8. The number of rotatable bonds is 5. The van der Waals surface area contributed by atoms with Crippen LogP contribution in [0.3, 0.4) is 0 Å². The van der Waals surface area contributed by atoms with Gasteiger partial charge in [-0.1, -0.05) is 46.4 Å². The quantitative estimate of drug-likeness (QED) is 0.494. The molecule has 0 bridgehead atoms. The molecule has 3 heteroatoms. The molecule has 1 aromatic carbocycles. The van der Waals surface area contributed by atoms with Gasteiger partial charge in [0.25, 0.3) is 0 Å². The van der Waals surface area contributed by atoms with Gasteiger partial charge in [-0.25, -0.2) is 0 Å². The average molecular weight is 387 g/mol. The van der Waals surface area contributed by atoms with E-state index in [1.807, 2.05) is 11.3 Å². The van der Waals surface area contributed by atoms with Gasteiger partial charge in [-0.3, -0.25) is 0 Å². The molecule has 1 nitrogen and oxygen atoms in total. The molecule has 0 N–H and O–H groups in total. The fourth-order valence-corrected chi connectivity index (χ4v) is 10.1. The van der Waals surface area contributed by atoms with Crippen molar-refractivity contribution in [1.82, 2.24) is 0 Å². The van der Waals surface area contributed by atoms with E-state index >= 15 is 0 Å². The minimum atomic E-state index is -0.0316. The molecule has 2 saturated carbocycles. The van der Waals surface area contributed by atoms with Gasteiger partial charge < -0.3 is 4.74 Å². The Hall–Kier alpha value is -0.850. The molecule has 0 amide bonds. The smallest absolute Gasteiger partial charge is 0.118 e. The van der Waals surface area contributed by atoms with Gasteiger partial charge in [-0.15, -0.1) is 11.3 Å². The van der Waals surface area contributed by atoms with Gasteiger partial charge in [-0.2, -0.15) is 0 Å². The molecule has 2 aliphatic rings. The predicted octanol–water partition coefficient (Wildman–Crippen LogP) is 7.20. The molecule has 0 unspecified atom stereocenters. The third-order valence-electron chi connectivity index (χ3n) is 6.21. The maximum absolute atomic E-state index is 5.36. The van der Waals surface area contributed by atoms with E-state index in [9.17, 15) is 0 Å². The van der Waals surface area contributed by atoms with E-state index in [1.165, 1.54) is 74.6 Å². The monoisotopic (exact) mass is 386 g/mol. The van der Waals surface area contributed by atoms with Crippen LogP contribution < -0.4 is 10.0 Å². The highest BCUT2D eigenvalue weighted by Gasteiger charge is 2.34. The maximum Gasteiger partial charge on any atom is 0.118 e.